The van der Waals surface area contributed by atoms with Gasteiger partial charge in [-0.05, 0) is 43.7 Å². The second-order valence-corrected chi connectivity index (χ2v) is 6.35. The van der Waals surface area contributed by atoms with E-state index in [0.29, 0.717) is 43.4 Å². The van der Waals surface area contributed by atoms with Crippen LogP contribution >= 0.6 is 0 Å². The molecule has 7 heteroatoms. The monoisotopic (exact) mass is 399 g/mol. The van der Waals surface area contributed by atoms with E-state index < -0.39 is 0 Å². The predicted molar refractivity (Wildman–Crippen MR) is 116 cm³/mol. The van der Waals surface area contributed by atoms with Crippen LogP contribution in [0.15, 0.2) is 48.5 Å². The Bertz CT molecular complexity index is 795. The van der Waals surface area contributed by atoms with Crippen molar-refractivity contribution in [2.75, 3.05) is 42.3 Å². The Balaban J connectivity index is 1.82. The van der Waals surface area contributed by atoms with Crippen molar-refractivity contribution < 1.29 is 19.1 Å². The highest BCUT2D eigenvalue weighted by atomic mass is 16.5. The van der Waals surface area contributed by atoms with E-state index in [2.05, 4.69) is 16.0 Å². The molecule has 7 nitrogen and oxygen atoms in total. The van der Waals surface area contributed by atoms with Crippen LogP contribution in [-0.4, -0.2) is 38.2 Å². The van der Waals surface area contributed by atoms with E-state index in [1.54, 1.807) is 24.3 Å². The highest BCUT2D eigenvalue weighted by Crippen LogP contribution is 2.18. The maximum absolute atomic E-state index is 12.2. The molecule has 0 aliphatic carbocycles. The highest BCUT2D eigenvalue weighted by Gasteiger charge is 2.06. The van der Waals surface area contributed by atoms with Gasteiger partial charge in [-0.25, -0.2) is 0 Å². The molecule has 29 heavy (non-hydrogen) atoms. The topological polar surface area (TPSA) is 88.7 Å². The third-order valence-corrected chi connectivity index (χ3v) is 3.89. The zero-order valence-electron chi connectivity index (χ0n) is 17.0. The van der Waals surface area contributed by atoms with Crippen molar-refractivity contribution in [2.45, 2.75) is 26.7 Å². The van der Waals surface area contributed by atoms with Gasteiger partial charge in [-0.2, -0.15) is 0 Å². The predicted octanol–water partition coefficient (Wildman–Crippen LogP) is 3.89. The molecule has 0 aliphatic rings. The van der Waals surface area contributed by atoms with Crippen LogP contribution in [0, 0.1) is 0 Å². The van der Waals surface area contributed by atoms with Crippen LogP contribution in [0.2, 0.25) is 0 Å². The number of ether oxygens (including phenoxy) is 2. The number of anilines is 3. The molecule has 2 rings (SSSR count). The number of hydrogen-bond acceptors (Lipinski definition) is 5. The van der Waals surface area contributed by atoms with Crippen LogP contribution < -0.4 is 20.7 Å². The summed E-state index contributed by atoms with van der Waals surface area (Å²) in [6.45, 7) is 5.67. The summed E-state index contributed by atoms with van der Waals surface area (Å²) in [7, 11) is 0. The van der Waals surface area contributed by atoms with Crippen LogP contribution in [0.1, 0.15) is 26.7 Å². The molecule has 0 radical (unpaired) electrons. The Kier molecular flexibility index (Phi) is 9.51. The normalized spacial score (nSPS) is 10.3. The lowest BCUT2D eigenvalue weighted by molar-refractivity contribution is -0.116. The largest absolute Gasteiger partial charge is 0.491 e. The number of nitrogens with one attached hydrogen (secondary N) is 3. The second kappa shape index (κ2) is 12.4. The lowest BCUT2D eigenvalue weighted by atomic mass is 10.2. The van der Waals surface area contributed by atoms with E-state index in [0.717, 1.165) is 12.1 Å². The van der Waals surface area contributed by atoms with Crippen molar-refractivity contribution in [1.29, 1.82) is 0 Å². The van der Waals surface area contributed by atoms with Crippen molar-refractivity contribution in [1.82, 2.24) is 0 Å². The molecule has 2 amide bonds. The lowest BCUT2D eigenvalue weighted by Crippen LogP contribution is -2.21. The van der Waals surface area contributed by atoms with E-state index in [9.17, 15) is 9.59 Å². The van der Waals surface area contributed by atoms with Gasteiger partial charge in [-0.15, -0.1) is 0 Å². The Morgan fingerprint density at radius 2 is 1.55 bits per heavy atom. The standard InChI is InChI=1S/C22H29N3O4/c1-3-7-21(26)24-18-9-5-10-19(14-18)25-22(27)16-23-17-8-6-11-20(15-17)29-13-12-28-4-2/h5-6,8-11,14-15,23H,3-4,7,12-13,16H2,1-2H3,(H,24,26)(H,25,27). The molecule has 0 spiro atoms. The third kappa shape index (κ3) is 8.66. The molecular weight excluding hydrogens is 370 g/mol. The zero-order chi connectivity index (χ0) is 20.9. The van der Waals surface area contributed by atoms with Gasteiger partial charge in [0.2, 0.25) is 11.8 Å². The molecule has 0 bridgehead atoms. The quantitative estimate of drug-likeness (QED) is 0.471. The molecule has 0 unspecified atom stereocenters. The van der Waals surface area contributed by atoms with Crippen LogP contribution in [-0.2, 0) is 14.3 Å². The summed E-state index contributed by atoms with van der Waals surface area (Å²) in [4.78, 5) is 23.9. The summed E-state index contributed by atoms with van der Waals surface area (Å²) in [5.74, 6) is 0.483. The van der Waals surface area contributed by atoms with Gasteiger partial charge in [-0.3, -0.25) is 9.59 Å². The highest BCUT2D eigenvalue weighted by molar-refractivity contribution is 5.95. The molecule has 0 saturated carbocycles. The number of rotatable bonds is 12. The fourth-order valence-corrected chi connectivity index (χ4v) is 2.57. The molecule has 2 aromatic rings. The molecule has 2 aromatic carbocycles. The summed E-state index contributed by atoms with van der Waals surface area (Å²) in [5, 5.41) is 8.71. The third-order valence-electron chi connectivity index (χ3n) is 3.89. The lowest BCUT2D eigenvalue weighted by Gasteiger charge is -2.11. The van der Waals surface area contributed by atoms with E-state index >= 15 is 0 Å². The molecule has 0 heterocycles. The van der Waals surface area contributed by atoms with Crippen molar-refractivity contribution in [3.63, 3.8) is 0 Å². The number of hydrogen-bond donors (Lipinski definition) is 3. The number of carbonyl (C=O) groups is 2. The first kappa shape index (κ1) is 22.2. The second-order valence-electron chi connectivity index (χ2n) is 6.35. The van der Waals surface area contributed by atoms with Crippen molar-refractivity contribution in [2.24, 2.45) is 0 Å². The first-order valence-electron chi connectivity index (χ1n) is 9.85. The maximum atomic E-state index is 12.2. The fourth-order valence-electron chi connectivity index (χ4n) is 2.57. The van der Waals surface area contributed by atoms with Crippen LogP contribution in [0.5, 0.6) is 5.75 Å². The Morgan fingerprint density at radius 1 is 0.862 bits per heavy atom. The van der Waals surface area contributed by atoms with E-state index in [-0.39, 0.29) is 18.4 Å². The average Bonchev–Trinajstić information content (AvgIpc) is 2.70. The fraction of sp³-hybridized carbons (Fsp3) is 0.364. The molecule has 0 aromatic heterocycles. The molecular formula is C22H29N3O4. The van der Waals surface area contributed by atoms with Gasteiger partial charge >= 0.3 is 0 Å². The smallest absolute Gasteiger partial charge is 0.243 e. The van der Waals surface area contributed by atoms with Gasteiger partial charge in [0.15, 0.2) is 0 Å². The number of benzene rings is 2. The minimum Gasteiger partial charge on any atom is -0.491 e. The molecule has 0 saturated heterocycles. The van der Waals surface area contributed by atoms with Crippen molar-refractivity contribution in [3.05, 3.63) is 48.5 Å². The number of carbonyl (C=O) groups excluding carboxylic acids is 2. The summed E-state index contributed by atoms with van der Waals surface area (Å²) < 4.78 is 10.9. The molecule has 156 valence electrons. The maximum Gasteiger partial charge on any atom is 0.243 e. The zero-order valence-corrected chi connectivity index (χ0v) is 17.0. The van der Waals surface area contributed by atoms with Gasteiger partial charge in [0, 0.05) is 36.2 Å². The van der Waals surface area contributed by atoms with Crippen molar-refractivity contribution in [3.8, 4) is 5.75 Å². The van der Waals surface area contributed by atoms with Crippen molar-refractivity contribution >= 4 is 28.9 Å². The molecule has 0 fully saturated rings. The van der Waals surface area contributed by atoms with E-state index in [4.69, 9.17) is 9.47 Å². The van der Waals surface area contributed by atoms with Gasteiger partial charge in [0.25, 0.3) is 0 Å². The van der Waals surface area contributed by atoms with E-state index in [1.165, 1.54) is 0 Å². The first-order chi connectivity index (χ1) is 14.1. The van der Waals surface area contributed by atoms with Crippen LogP contribution in [0.3, 0.4) is 0 Å². The van der Waals surface area contributed by atoms with Gasteiger partial charge in [0.1, 0.15) is 12.4 Å². The summed E-state index contributed by atoms with van der Waals surface area (Å²) in [6, 6.07) is 14.5. The minimum atomic E-state index is -0.190. The Morgan fingerprint density at radius 3 is 2.28 bits per heavy atom. The van der Waals surface area contributed by atoms with E-state index in [1.807, 2.05) is 38.1 Å². The summed E-state index contributed by atoms with van der Waals surface area (Å²) in [5.41, 5.74) is 2.07. The number of amides is 2. The molecule has 0 aliphatic heterocycles. The first-order valence-corrected chi connectivity index (χ1v) is 9.85. The summed E-state index contributed by atoms with van der Waals surface area (Å²) in [6.07, 6.45) is 1.25. The van der Waals surface area contributed by atoms with Crippen LogP contribution in [0.25, 0.3) is 0 Å². The molecule has 0 atom stereocenters. The van der Waals surface area contributed by atoms with Gasteiger partial charge < -0.3 is 25.4 Å². The molecule has 3 N–H and O–H groups in total. The average molecular weight is 399 g/mol. The van der Waals surface area contributed by atoms with Gasteiger partial charge in [0.05, 0.1) is 13.2 Å². The minimum absolute atomic E-state index is 0.0407. The Labute approximate surface area is 171 Å². The Hall–Kier alpha value is -3.06. The SMILES string of the molecule is CCCC(=O)Nc1cccc(NC(=O)CNc2cccc(OCCOCC)c2)c1. The van der Waals surface area contributed by atoms with Gasteiger partial charge in [-0.1, -0.05) is 19.1 Å². The van der Waals surface area contributed by atoms with Crippen LogP contribution in [0.4, 0.5) is 17.1 Å². The summed E-state index contributed by atoms with van der Waals surface area (Å²) >= 11 is 0.